The number of alkyl halides is 3. The lowest BCUT2D eigenvalue weighted by molar-refractivity contribution is -0.135. The first-order chi connectivity index (χ1) is 20.0. The Labute approximate surface area is 239 Å². The summed E-state index contributed by atoms with van der Waals surface area (Å²) in [7, 11) is 0. The molecule has 0 aliphatic heterocycles. The summed E-state index contributed by atoms with van der Waals surface area (Å²) in [6.45, 7) is 3.44. The maximum Gasteiger partial charge on any atom is 0.276 e. The van der Waals surface area contributed by atoms with Crippen molar-refractivity contribution in [1.29, 1.82) is 0 Å². The first-order valence-corrected chi connectivity index (χ1v) is 14.5. The van der Waals surface area contributed by atoms with Gasteiger partial charge in [-0.05, 0) is 68.2 Å². The van der Waals surface area contributed by atoms with E-state index in [9.17, 15) is 22.8 Å². The van der Waals surface area contributed by atoms with Crippen LogP contribution in [0.15, 0.2) is 34.7 Å². The molecule has 0 radical (unpaired) electrons. The molecule has 3 aromatic rings. The van der Waals surface area contributed by atoms with Crippen molar-refractivity contribution in [2.75, 3.05) is 0 Å². The van der Waals surface area contributed by atoms with Gasteiger partial charge < -0.3 is 10.6 Å². The molecule has 4 aliphatic rings. The molecular weight excluding hydrogens is 551 g/mol. The molecule has 2 N–H and O–H groups in total. The molecule has 13 heteroatoms. The topological polar surface area (TPSA) is 127 Å². The van der Waals surface area contributed by atoms with E-state index in [4.69, 9.17) is 4.98 Å². The standard InChI is InChI=1S/C29H32F3N7O3/c1-15-23(38-42-37-15)25(40)35-19(9-16-5-7-29(31,32)8-6-16)20-13-39-22(34-20)10-18(12-33-39)24(17-3-4-17)36-26(41)28-11-21(30)27(28,2)14-28/h9-10,12-13,17,19,21,24H,3-8,11,14H2,1-2H3,(H,35,40)(H,36,41)/t19-,21+,24+,27-,28-/m0/s1. The molecule has 5 atom stereocenters. The summed E-state index contributed by atoms with van der Waals surface area (Å²) in [5.41, 5.74) is 1.79. The van der Waals surface area contributed by atoms with Gasteiger partial charge in [-0.25, -0.2) is 27.3 Å². The maximum absolute atomic E-state index is 14.1. The van der Waals surface area contributed by atoms with E-state index in [1.165, 1.54) is 0 Å². The minimum atomic E-state index is -2.69. The van der Waals surface area contributed by atoms with Crippen molar-refractivity contribution < 1.29 is 27.4 Å². The lowest BCUT2D eigenvalue weighted by Crippen LogP contribution is -2.47. The molecule has 3 aromatic heterocycles. The van der Waals surface area contributed by atoms with Crippen LogP contribution in [0.2, 0.25) is 0 Å². The molecule has 3 heterocycles. The molecule has 4 aliphatic carbocycles. The number of aromatic nitrogens is 5. The van der Waals surface area contributed by atoms with E-state index < -0.39 is 34.9 Å². The highest BCUT2D eigenvalue weighted by Gasteiger charge is 2.81. The molecule has 7 rings (SSSR count). The van der Waals surface area contributed by atoms with Crippen molar-refractivity contribution in [1.82, 2.24) is 35.5 Å². The van der Waals surface area contributed by atoms with Gasteiger partial charge in [-0.15, -0.1) is 0 Å². The first-order valence-electron chi connectivity index (χ1n) is 14.5. The second-order valence-electron chi connectivity index (χ2n) is 12.7. The van der Waals surface area contributed by atoms with E-state index in [0.29, 0.717) is 23.5 Å². The van der Waals surface area contributed by atoms with Gasteiger partial charge in [0.2, 0.25) is 11.8 Å². The number of imidazole rings is 1. The van der Waals surface area contributed by atoms with Crippen LogP contribution < -0.4 is 10.6 Å². The lowest BCUT2D eigenvalue weighted by Gasteiger charge is -2.36. The van der Waals surface area contributed by atoms with Crippen LogP contribution in [0.3, 0.4) is 0 Å². The molecule has 10 nitrogen and oxygen atoms in total. The van der Waals surface area contributed by atoms with Crippen molar-refractivity contribution >= 4 is 17.5 Å². The molecular formula is C29H32F3N7O3. The average Bonchev–Trinajstić information content (AvgIpc) is 3.74. The van der Waals surface area contributed by atoms with Gasteiger partial charge in [0.25, 0.3) is 5.91 Å². The van der Waals surface area contributed by atoms with Crippen LogP contribution in [0.5, 0.6) is 0 Å². The second kappa shape index (κ2) is 9.37. The Bertz CT molecular complexity index is 1600. The van der Waals surface area contributed by atoms with E-state index in [1.54, 1.807) is 29.9 Å². The minimum Gasteiger partial charge on any atom is -0.348 e. The highest BCUT2D eigenvalue weighted by molar-refractivity contribution is 5.93. The van der Waals surface area contributed by atoms with E-state index in [0.717, 1.165) is 24.0 Å². The number of hydrogen-bond donors (Lipinski definition) is 2. The summed E-state index contributed by atoms with van der Waals surface area (Å²) in [5, 5.41) is 17.9. The number of carbonyl (C=O) groups excluding carboxylic acids is 2. The summed E-state index contributed by atoms with van der Waals surface area (Å²) < 4.78 is 47.9. The zero-order valence-electron chi connectivity index (χ0n) is 23.4. The smallest absolute Gasteiger partial charge is 0.276 e. The number of fused-ring (bicyclic) bond motifs is 2. The highest BCUT2D eigenvalue weighted by Crippen LogP contribution is 2.78. The van der Waals surface area contributed by atoms with Gasteiger partial charge in [-0.2, -0.15) is 5.10 Å². The third-order valence-corrected chi connectivity index (χ3v) is 9.89. The Balaban J connectivity index is 1.16. The molecule has 0 saturated heterocycles. The van der Waals surface area contributed by atoms with Crippen molar-refractivity contribution in [2.45, 2.75) is 89.4 Å². The highest BCUT2D eigenvalue weighted by atomic mass is 19.3. The van der Waals surface area contributed by atoms with Crippen LogP contribution in [0.4, 0.5) is 13.2 Å². The molecule has 0 aromatic carbocycles. The third-order valence-electron chi connectivity index (χ3n) is 9.89. The number of halogens is 3. The summed E-state index contributed by atoms with van der Waals surface area (Å²) in [5.74, 6) is -3.04. The van der Waals surface area contributed by atoms with Crippen LogP contribution in [0, 0.1) is 23.7 Å². The molecule has 0 spiro atoms. The summed E-state index contributed by atoms with van der Waals surface area (Å²) >= 11 is 0. The molecule has 42 heavy (non-hydrogen) atoms. The Morgan fingerprint density at radius 3 is 2.57 bits per heavy atom. The number of carbonyl (C=O) groups is 2. The average molecular weight is 584 g/mol. The predicted molar refractivity (Wildman–Crippen MR) is 142 cm³/mol. The number of hydrogen-bond acceptors (Lipinski definition) is 7. The zero-order chi connectivity index (χ0) is 29.4. The van der Waals surface area contributed by atoms with Gasteiger partial charge in [0, 0.05) is 18.3 Å². The monoisotopic (exact) mass is 583 g/mol. The van der Waals surface area contributed by atoms with E-state index in [2.05, 4.69) is 30.7 Å². The van der Waals surface area contributed by atoms with Crippen LogP contribution in [-0.4, -0.2) is 48.8 Å². The SMILES string of the molecule is Cc1nonc1C(=O)N[C@@H](C=C1CCC(F)(F)CC1)c1cn2ncc([C@H](NC(=O)[C@@]34C[C@@H](F)[C@]3(C)C4)C3CC3)cc2n1. The van der Waals surface area contributed by atoms with Gasteiger partial charge in [0.15, 0.2) is 11.3 Å². The maximum atomic E-state index is 14.1. The Hall–Kier alpha value is -3.77. The van der Waals surface area contributed by atoms with E-state index >= 15 is 0 Å². The summed E-state index contributed by atoms with van der Waals surface area (Å²) in [4.78, 5) is 31.0. The number of aryl methyl sites for hydroxylation is 1. The number of allylic oxidation sites excluding steroid dienone is 1. The summed E-state index contributed by atoms with van der Waals surface area (Å²) in [6.07, 6.45) is 6.96. The van der Waals surface area contributed by atoms with Gasteiger partial charge in [-0.3, -0.25) is 9.59 Å². The van der Waals surface area contributed by atoms with E-state index in [1.807, 2.05) is 13.0 Å². The van der Waals surface area contributed by atoms with E-state index in [-0.39, 0.29) is 55.7 Å². The molecule has 0 bridgehead atoms. The van der Waals surface area contributed by atoms with Crippen molar-refractivity contribution in [3.8, 4) is 0 Å². The second-order valence-corrected chi connectivity index (χ2v) is 12.7. The number of rotatable bonds is 8. The van der Waals surface area contributed by atoms with Crippen molar-refractivity contribution in [3.63, 3.8) is 0 Å². The lowest BCUT2D eigenvalue weighted by atomic mass is 9.72. The van der Waals surface area contributed by atoms with Gasteiger partial charge in [0.1, 0.15) is 11.9 Å². The van der Waals surface area contributed by atoms with Gasteiger partial charge in [-0.1, -0.05) is 23.7 Å². The normalized spacial score (nSPS) is 29.3. The molecule has 2 amide bonds. The van der Waals surface area contributed by atoms with Crippen LogP contribution >= 0.6 is 0 Å². The zero-order valence-corrected chi connectivity index (χ0v) is 23.4. The van der Waals surface area contributed by atoms with Crippen LogP contribution in [0.1, 0.15) is 97.8 Å². The predicted octanol–water partition coefficient (Wildman–Crippen LogP) is 4.73. The van der Waals surface area contributed by atoms with Crippen LogP contribution in [-0.2, 0) is 4.79 Å². The molecule has 4 fully saturated rings. The van der Waals surface area contributed by atoms with Gasteiger partial charge >= 0.3 is 0 Å². The molecule has 222 valence electrons. The number of nitrogens with one attached hydrogen (secondary N) is 2. The fourth-order valence-corrected chi connectivity index (χ4v) is 6.73. The molecule has 0 unspecified atom stereocenters. The fourth-order valence-electron chi connectivity index (χ4n) is 6.73. The fraction of sp³-hybridized carbons (Fsp3) is 0.586. The number of amides is 2. The first kappa shape index (κ1) is 27.1. The van der Waals surface area contributed by atoms with Crippen molar-refractivity contribution in [2.24, 2.45) is 16.7 Å². The summed E-state index contributed by atoms with van der Waals surface area (Å²) in [6, 6.07) is 0.872. The van der Waals surface area contributed by atoms with Gasteiger partial charge in [0.05, 0.1) is 35.6 Å². The van der Waals surface area contributed by atoms with Crippen LogP contribution in [0.25, 0.3) is 5.65 Å². The largest absolute Gasteiger partial charge is 0.348 e. The Kier molecular flexibility index (Phi) is 6.04. The molecule has 4 saturated carbocycles. The Morgan fingerprint density at radius 1 is 1.19 bits per heavy atom. The minimum absolute atomic E-state index is 0.0255. The van der Waals surface area contributed by atoms with Crippen molar-refractivity contribution in [3.05, 3.63) is 52.8 Å². The third kappa shape index (κ3) is 4.48. The Morgan fingerprint density at radius 2 is 1.95 bits per heavy atom. The quantitative estimate of drug-likeness (QED) is 0.367. The number of nitrogens with zero attached hydrogens (tertiary/aromatic N) is 5.